The van der Waals surface area contributed by atoms with Crippen LogP contribution >= 0.6 is 0 Å². The SMILES string of the molecule is O=C(NCc1ccc(OC(F)(F)F)cc1F)N(C1CC1)[C@@H]1C[C@H](CO)CN(c2ccno2)C1. The predicted octanol–water partition coefficient (Wildman–Crippen LogP) is 3.27. The smallest absolute Gasteiger partial charge is 0.406 e. The summed E-state index contributed by atoms with van der Waals surface area (Å²) in [5, 5.41) is 16.2. The number of nitrogens with zero attached hydrogens (tertiary/aromatic N) is 3. The Balaban J connectivity index is 1.42. The largest absolute Gasteiger partial charge is 0.573 e. The van der Waals surface area contributed by atoms with Gasteiger partial charge in [0, 0.05) is 55.9 Å². The first-order chi connectivity index (χ1) is 15.7. The number of ether oxygens (including phenoxy) is 1. The van der Waals surface area contributed by atoms with Gasteiger partial charge in [0.2, 0.25) is 5.88 Å². The molecule has 0 spiro atoms. The molecule has 8 nitrogen and oxygen atoms in total. The van der Waals surface area contributed by atoms with E-state index in [0.717, 1.165) is 25.0 Å². The predicted molar refractivity (Wildman–Crippen MR) is 108 cm³/mol. The fraction of sp³-hybridized carbons (Fsp3) is 0.524. The number of benzene rings is 1. The van der Waals surface area contributed by atoms with E-state index in [9.17, 15) is 27.5 Å². The number of amides is 2. The van der Waals surface area contributed by atoms with Crippen LogP contribution in [0, 0.1) is 11.7 Å². The number of aliphatic hydroxyl groups is 1. The first kappa shape index (κ1) is 23.1. The lowest BCUT2D eigenvalue weighted by atomic mass is 9.93. The van der Waals surface area contributed by atoms with Crippen LogP contribution < -0.4 is 15.0 Å². The minimum atomic E-state index is -4.92. The van der Waals surface area contributed by atoms with E-state index < -0.39 is 24.0 Å². The molecule has 2 aromatic rings. The van der Waals surface area contributed by atoms with Crippen LogP contribution in [0.1, 0.15) is 24.8 Å². The van der Waals surface area contributed by atoms with E-state index >= 15 is 0 Å². The molecular weight excluding hydrogens is 448 g/mol. The summed E-state index contributed by atoms with van der Waals surface area (Å²) in [6.45, 7) is 0.828. The maximum Gasteiger partial charge on any atom is 0.573 e. The maximum absolute atomic E-state index is 14.2. The van der Waals surface area contributed by atoms with Gasteiger partial charge in [-0.15, -0.1) is 13.2 Å². The van der Waals surface area contributed by atoms with Crippen LogP contribution in [0.5, 0.6) is 5.75 Å². The topological polar surface area (TPSA) is 91.1 Å². The Morgan fingerprint density at radius 1 is 1.27 bits per heavy atom. The summed E-state index contributed by atoms with van der Waals surface area (Å²) < 4.78 is 60.1. The Hall–Kier alpha value is -3.02. The summed E-state index contributed by atoms with van der Waals surface area (Å²) in [6, 6.07) is 3.93. The zero-order chi connectivity index (χ0) is 23.6. The van der Waals surface area contributed by atoms with E-state index in [-0.39, 0.29) is 36.7 Å². The van der Waals surface area contributed by atoms with Gasteiger partial charge in [0.25, 0.3) is 0 Å². The Bertz CT molecular complexity index is 952. The standard InChI is InChI=1S/C21H24F4N4O4/c22-18-8-17(32-21(23,24)25)4-1-14(18)9-26-20(31)29(15-2-3-15)16-7-13(12-30)10-28(11-16)19-5-6-27-33-19/h1,4-6,8,13,15-16,30H,2-3,7,9-12H2,(H,26,31)/t13-,16+/m0/s1. The third kappa shape index (κ3) is 5.86. The highest BCUT2D eigenvalue weighted by Gasteiger charge is 2.41. The number of anilines is 1. The second kappa shape index (κ2) is 9.46. The average molecular weight is 472 g/mol. The monoisotopic (exact) mass is 472 g/mol. The lowest BCUT2D eigenvalue weighted by Crippen LogP contribution is -2.56. The van der Waals surface area contributed by atoms with Gasteiger partial charge in [0.15, 0.2) is 0 Å². The molecule has 1 aromatic heterocycles. The number of alkyl halides is 3. The molecule has 2 aliphatic rings. The zero-order valence-electron chi connectivity index (χ0n) is 17.6. The Kier molecular flexibility index (Phi) is 6.63. The molecule has 4 rings (SSSR count). The lowest BCUT2D eigenvalue weighted by Gasteiger charge is -2.42. The summed E-state index contributed by atoms with van der Waals surface area (Å²) in [5.41, 5.74) is 0.0359. The molecular formula is C21H24F4N4O4. The summed E-state index contributed by atoms with van der Waals surface area (Å²) in [7, 11) is 0. The van der Waals surface area contributed by atoms with Gasteiger partial charge in [0.1, 0.15) is 11.6 Å². The highest BCUT2D eigenvalue weighted by Crippen LogP contribution is 2.34. The second-order valence-electron chi connectivity index (χ2n) is 8.29. The fourth-order valence-electron chi connectivity index (χ4n) is 4.17. The lowest BCUT2D eigenvalue weighted by molar-refractivity contribution is -0.274. The fourth-order valence-corrected chi connectivity index (χ4v) is 4.17. The number of hydrogen-bond donors (Lipinski definition) is 2. The van der Waals surface area contributed by atoms with E-state index in [1.807, 2.05) is 4.90 Å². The van der Waals surface area contributed by atoms with Crippen LogP contribution in [-0.4, -0.2) is 59.3 Å². The minimum Gasteiger partial charge on any atom is -0.406 e. The average Bonchev–Trinajstić information content (AvgIpc) is 3.42. The number of urea groups is 1. The van der Waals surface area contributed by atoms with Crippen LogP contribution in [0.15, 0.2) is 35.0 Å². The number of nitrogens with one attached hydrogen (secondary N) is 1. The van der Waals surface area contributed by atoms with Crippen molar-refractivity contribution in [3.05, 3.63) is 41.8 Å². The third-order valence-electron chi connectivity index (χ3n) is 5.77. The molecule has 0 radical (unpaired) electrons. The number of piperidine rings is 1. The molecule has 12 heteroatoms. The van der Waals surface area contributed by atoms with Gasteiger partial charge < -0.3 is 29.5 Å². The number of rotatable bonds is 7. The van der Waals surface area contributed by atoms with Crippen LogP contribution in [0.2, 0.25) is 0 Å². The molecule has 1 aromatic carbocycles. The Labute approximate surface area is 187 Å². The quantitative estimate of drug-likeness (QED) is 0.602. The second-order valence-corrected chi connectivity index (χ2v) is 8.29. The molecule has 1 saturated carbocycles. The van der Waals surface area contributed by atoms with Gasteiger partial charge in [-0.3, -0.25) is 0 Å². The van der Waals surface area contributed by atoms with Crippen molar-refractivity contribution in [3.8, 4) is 5.75 Å². The molecule has 2 heterocycles. The molecule has 1 saturated heterocycles. The normalized spacial score (nSPS) is 21.1. The zero-order valence-corrected chi connectivity index (χ0v) is 17.6. The van der Waals surface area contributed by atoms with Crippen molar-refractivity contribution in [1.29, 1.82) is 0 Å². The highest BCUT2D eigenvalue weighted by atomic mass is 19.4. The number of hydrogen-bond acceptors (Lipinski definition) is 6. The van der Waals surface area contributed by atoms with Crippen molar-refractivity contribution >= 4 is 11.9 Å². The van der Waals surface area contributed by atoms with E-state index in [4.69, 9.17) is 4.52 Å². The first-order valence-electron chi connectivity index (χ1n) is 10.6. The Morgan fingerprint density at radius 2 is 2.06 bits per heavy atom. The van der Waals surface area contributed by atoms with Crippen LogP contribution in [0.4, 0.5) is 28.2 Å². The van der Waals surface area contributed by atoms with Gasteiger partial charge in [-0.05, 0) is 25.3 Å². The summed E-state index contributed by atoms with van der Waals surface area (Å²) in [6.07, 6.45) is -1.11. The van der Waals surface area contributed by atoms with Gasteiger partial charge >= 0.3 is 12.4 Å². The van der Waals surface area contributed by atoms with Gasteiger partial charge in [-0.25, -0.2) is 9.18 Å². The molecule has 2 N–H and O–H groups in total. The van der Waals surface area contributed by atoms with E-state index in [0.29, 0.717) is 31.5 Å². The number of halogens is 4. The molecule has 0 unspecified atom stereocenters. The Morgan fingerprint density at radius 3 is 2.67 bits per heavy atom. The summed E-state index contributed by atoms with van der Waals surface area (Å²) in [5.74, 6) is -1.09. The van der Waals surface area contributed by atoms with Crippen LogP contribution in [-0.2, 0) is 6.54 Å². The van der Waals surface area contributed by atoms with Crippen LogP contribution in [0.25, 0.3) is 0 Å². The molecule has 1 aliphatic heterocycles. The molecule has 180 valence electrons. The van der Waals surface area contributed by atoms with Crippen molar-refractivity contribution in [1.82, 2.24) is 15.4 Å². The summed E-state index contributed by atoms with van der Waals surface area (Å²) in [4.78, 5) is 16.7. The number of aliphatic hydroxyl groups excluding tert-OH is 1. The van der Waals surface area contributed by atoms with Crippen molar-refractivity contribution < 1.29 is 36.7 Å². The molecule has 2 atom stereocenters. The molecule has 2 fully saturated rings. The van der Waals surface area contributed by atoms with Gasteiger partial charge in [-0.1, -0.05) is 11.2 Å². The molecule has 0 bridgehead atoms. The highest BCUT2D eigenvalue weighted by molar-refractivity contribution is 5.75. The van der Waals surface area contributed by atoms with E-state index in [1.54, 1.807) is 11.0 Å². The van der Waals surface area contributed by atoms with Gasteiger partial charge in [0.05, 0.1) is 12.2 Å². The maximum atomic E-state index is 14.2. The molecule has 33 heavy (non-hydrogen) atoms. The molecule has 2 amide bonds. The number of aromatic nitrogens is 1. The van der Waals surface area contributed by atoms with Crippen molar-refractivity contribution in [2.45, 2.75) is 44.3 Å². The van der Waals surface area contributed by atoms with E-state index in [2.05, 4.69) is 15.2 Å². The number of carbonyl (C=O) groups is 1. The molecule has 1 aliphatic carbocycles. The minimum absolute atomic E-state index is 0.0359. The van der Waals surface area contributed by atoms with E-state index in [1.165, 1.54) is 6.20 Å². The van der Waals surface area contributed by atoms with Crippen molar-refractivity contribution in [3.63, 3.8) is 0 Å². The summed E-state index contributed by atoms with van der Waals surface area (Å²) >= 11 is 0. The van der Waals surface area contributed by atoms with Crippen LogP contribution in [0.3, 0.4) is 0 Å². The van der Waals surface area contributed by atoms with Gasteiger partial charge in [-0.2, -0.15) is 0 Å². The first-order valence-corrected chi connectivity index (χ1v) is 10.6. The number of carbonyl (C=O) groups excluding carboxylic acids is 1. The van der Waals surface area contributed by atoms with Crippen molar-refractivity contribution in [2.24, 2.45) is 5.92 Å². The van der Waals surface area contributed by atoms with Crippen molar-refractivity contribution in [2.75, 3.05) is 24.6 Å². The third-order valence-corrected chi connectivity index (χ3v) is 5.77.